The standard InChI is InChI=1S/C17H18ClNO/c1-11(12-5-2-3-7-15(12)18)19-16-10-9-14-13(16)6-4-8-17(14)20/h2-8,11,16,19-20H,9-10H2,1H3/t11-,16?/m0/s1. The van der Waals surface area contributed by atoms with E-state index in [4.69, 9.17) is 11.6 Å². The molecule has 3 heteroatoms. The third kappa shape index (κ3) is 2.41. The summed E-state index contributed by atoms with van der Waals surface area (Å²) in [4.78, 5) is 0. The molecule has 2 nitrogen and oxygen atoms in total. The van der Waals surface area contributed by atoms with Crippen LogP contribution in [0, 0.1) is 0 Å². The smallest absolute Gasteiger partial charge is 0.119 e. The van der Waals surface area contributed by atoms with Gasteiger partial charge in [-0.1, -0.05) is 41.9 Å². The van der Waals surface area contributed by atoms with Crippen molar-refractivity contribution in [3.8, 4) is 5.75 Å². The number of nitrogens with one attached hydrogen (secondary N) is 1. The molecule has 0 aromatic heterocycles. The van der Waals surface area contributed by atoms with Crippen molar-refractivity contribution in [2.24, 2.45) is 0 Å². The molecule has 0 fully saturated rings. The van der Waals surface area contributed by atoms with E-state index in [9.17, 15) is 5.11 Å². The normalized spacial score (nSPS) is 18.8. The van der Waals surface area contributed by atoms with Crippen LogP contribution in [-0.4, -0.2) is 5.11 Å². The second-order valence-corrected chi connectivity index (χ2v) is 5.75. The Morgan fingerprint density at radius 1 is 1.20 bits per heavy atom. The fourth-order valence-corrected chi connectivity index (χ4v) is 3.33. The predicted molar refractivity (Wildman–Crippen MR) is 82.2 cm³/mol. The van der Waals surface area contributed by atoms with E-state index in [1.165, 1.54) is 5.56 Å². The Kier molecular flexibility index (Phi) is 3.68. The first-order valence-electron chi connectivity index (χ1n) is 6.98. The van der Waals surface area contributed by atoms with Crippen LogP contribution in [0.5, 0.6) is 5.75 Å². The van der Waals surface area contributed by atoms with E-state index < -0.39 is 0 Å². The van der Waals surface area contributed by atoms with Crippen LogP contribution in [0.25, 0.3) is 0 Å². The largest absolute Gasteiger partial charge is 0.508 e. The lowest BCUT2D eigenvalue weighted by Gasteiger charge is -2.21. The van der Waals surface area contributed by atoms with Crippen molar-refractivity contribution in [2.75, 3.05) is 0 Å². The maximum absolute atomic E-state index is 9.90. The summed E-state index contributed by atoms with van der Waals surface area (Å²) in [5.41, 5.74) is 3.41. The monoisotopic (exact) mass is 287 g/mol. The van der Waals surface area contributed by atoms with Gasteiger partial charge in [0.25, 0.3) is 0 Å². The van der Waals surface area contributed by atoms with Crippen LogP contribution in [-0.2, 0) is 6.42 Å². The third-order valence-corrected chi connectivity index (χ3v) is 4.41. The topological polar surface area (TPSA) is 32.3 Å². The SMILES string of the molecule is C[C@H](NC1CCc2c(O)cccc21)c1ccccc1Cl. The Balaban J connectivity index is 1.81. The molecule has 0 radical (unpaired) electrons. The summed E-state index contributed by atoms with van der Waals surface area (Å²) in [6.45, 7) is 2.13. The zero-order chi connectivity index (χ0) is 14.1. The Labute approximate surface area is 124 Å². The van der Waals surface area contributed by atoms with Crippen LogP contribution in [0.3, 0.4) is 0 Å². The molecule has 0 aliphatic heterocycles. The minimum Gasteiger partial charge on any atom is -0.508 e. The Morgan fingerprint density at radius 2 is 2.00 bits per heavy atom. The van der Waals surface area contributed by atoms with E-state index in [1.54, 1.807) is 6.07 Å². The molecular formula is C17H18ClNO. The summed E-state index contributed by atoms with van der Waals surface area (Å²) in [5.74, 6) is 0.414. The molecular weight excluding hydrogens is 270 g/mol. The number of phenolic OH excluding ortho intramolecular Hbond substituents is 1. The van der Waals surface area contributed by atoms with Gasteiger partial charge in [0.05, 0.1) is 0 Å². The van der Waals surface area contributed by atoms with Crippen LogP contribution >= 0.6 is 11.6 Å². The molecule has 2 aromatic carbocycles. The summed E-state index contributed by atoms with van der Waals surface area (Å²) < 4.78 is 0. The molecule has 2 N–H and O–H groups in total. The average Bonchev–Trinajstić information content (AvgIpc) is 2.84. The van der Waals surface area contributed by atoms with Gasteiger partial charge >= 0.3 is 0 Å². The van der Waals surface area contributed by atoms with Crippen LogP contribution in [0.2, 0.25) is 5.02 Å². The van der Waals surface area contributed by atoms with Crippen LogP contribution in [0.1, 0.15) is 42.1 Å². The molecule has 0 saturated heterocycles. The second kappa shape index (κ2) is 5.47. The zero-order valence-corrected chi connectivity index (χ0v) is 12.2. The molecule has 0 amide bonds. The molecule has 0 heterocycles. The van der Waals surface area contributed by atoms with Crippen molar-refractivity contribution in [3.63, 3.8) is 0 Å². The van der Waals surface area contributed by atoms with Gasteiger partial charge in [0, 0.05) is 17.1 Å². The zero-order valence-electron chi connectivity index (χ0n) is 11.4. The molecule has 1 aliphatic rings. The Bertz CT molecular complexity index is 626. The highest BCUT2D eigenvalue weighted by atomic mass is 35.5. The van der Waals surface area contributed by atoms with Gasteiger partial charge < -0.3 is 10.4 Å². The molecule has 2 atom stereocenters. The van der Waals surface area contributed by atoms with Gasteiger partial charge in [-0.3, -0.25) is 0 Å². The summed E-state index contributed by atoms with van der Waals surface area (Å²) >= 11 is 6.25. The first-order valence-corrected chi connectivity index (χ1v) is 7.36. The molecule has 20 heavy (non-hydrogen) atoms. The number of rotatable bonds is 3. The molecule has 1 aliphatic carbocycles. The lowest BCUT2D eigenvalue weighted by Crippen LogP contribution is -2.23. The lowest BCUT2D eigenvalue weighted by atomic mass is 10.0. The molecule has 0 saturated carbocycles. The fraction of sp³-hybridized carbons (Fsp3) is 0.294. The summed E-state index contributed by atoms with van der Waals surface area (Å²) in [6.07, 6.45) is 1.94. The van der Waals surface area contributed by atoms with E-state index >= 15 is 0 Å². The van der Waals surface area contributed by atoms with Gasteiger partial charge in [0.1, 0.15) is 5.75 Å². The molecule has 104 valence electrons. The van der Waals surface area contributed by atoms with Gasteiger partial charge in [-0.15, -0.1) is 0 Å². The van der Waals surface area contributed by atoms with Crippen molar-refractivity contribution in [1.82, 2.24) is 5.32 Å². The molecule has 0 spiro atoms. The van der Waals surface area contributed by atoms with Gasteiger partial charge in [-0.25, -0.2) is 0 Å². The molecule has 3 rings (SSSR count). The van der Waals surface area contributed by atoms with E-state index in [1.807, 2.05) is 24.3 Å². The van der Waals surface area contributed by atoms with Gasteiger partial charge in [-0.05, 0) is 48.6 Å². The van der Waals surface area contributed by atoms with E-state index in [-0.39, 0.29) is 12.1 Å². The minimum absolute atomic E-state index is 0.182. The van der Waals surface area contributed by atoms with Gasteiger partial charge in [-0.2, -0.15) is 0 Å². The average molecular weight is 288 g/mol. The van der Waals surface area contributed by atoms with Crippen molar-refractivity contribution < 1.29 is 5.11 Å². The highest BCUT2D eigenvalue weighted by molar-refractivity contribution is 6.31. The highest BCUT2D eigenvalue weighted by Gasteiger charge is 2.26. The number of hydrogen-bond donors (Lipinski definition) is 2. The number of phenols is 1. The second-order valence-electron chi connectivity index (χ2n) is 5.35. The quantitative estimate of drug-likeness (QED) is 0.878. The highest BCUT2D eigenvalue weighted by Crippen LogP contribution is 2.37. The number of benzene rings is 2. The maximum Gasteiger partial charge on any atom is 0.119 e. The van der Waals surface area contributed by atoms with Crippen molar-refractivity contribution in [2.45, 2.75) is 31.8 Å². The molecule has 1 unspecified atom stereocenters. The summed E-state index contributed by atoms with van der Waals surface area (Å²) in [5, 5.41) is 14.3. The fourth-order valence-electron chi connectivity index (χ4n) is 3.03. The predicted octanol–water partition coefficient (Wildman–Crippen LogP) is 4.38. The molecule has 2 aromatic rings. The molecule has 0 bridgehead atoms. The summed E-state index contributed by atoms with van der Waals surface area (Å²) in [6, 6.07) is 14.2. The third-order valence-electron chi connectivity index (χ3n) is 4.07. The number of aromatic hydroxyl groups is 1. The van der Waals surface area contributed by atoms with E-state index in [0.717, 1.165) is 29.0 Å². The van der Waals surface area contributed by atoms with Crippen molar-refractivity contribution >= 4 is 11.6 Å². The minimum atomic E-state index is 0.182. The first kappa shape index (κ1) is 13.5. The lowest BCUT2D eigenvalue weighted by molar-refractivity contribution is 0.465. The van der Waals surface area contributed by atoms with Crippen LogP contribution < -0.4 is 5.32 Å². The van der Waals surface area contributed by atoms with Crippen LogP contribution in [0.15, 0.2) is 42.5 Å². The number of hydrogen-bond acceptors (Lipinski definition) is 2. The van der Waals surface area contributed by atoms with Crippen molar-refractivity contribution in [1.29, 1.82) is 0 Å². The van der Waals surface area contributed by atoms with Gasteiger partial charge in [0.2, 0.25) is 0 Å². The van der Waals surface area contributed by atoms with Gasteiger partial charge in [0.15, 0.2) is 0 Å². The maximum atomic E-state index is 9.90. The summed E-state index contributed by atoms with van der Waals surface area (Å²) in [7, 11) is 0. The number of halogens is 1. The van der Waals surface area contributed by atoms with E-state index in [2.05, 4.69) is 24.4 Å². The van der Waals surface area contributed by atoms with E-state index in [0.29, 0.717) is 5.75 Å². The van der Waals surface area contributed by atoms with Crippen LogP contribution in [0.4, 0.5) is 0 Å². The Morgan fingerprint density at radius 3 is 2.80 bits per heavy atom. The number of fused-ring (bicyclic) bond motifs is 1. The first-order chi connectivity index (χ1) is 9.66. The van der Waals surface area contributed by atoms with Crippen molar-refractivity contribution in [3.05, 3.63) is 64.2 Å². The Hall–Kier alpha value is -1.51.